The van der Waals surface area contributed by atoms with Gasteiger partial charge in [-0.15, -0.1) is 10.2 Å². The van der Waals surface area contributed by atoms with Gasteiger partial charge in [0, 0.05) is 12.1 Å². The topological polar surface area (TPSA) is 86.7 Å². The number of phenolic OH excluding ortho intramolecular Hbond substituents is 1. The van der Waals surface area contributed by atoms with Gasteiger partial charge in [0.1, 0.15) is 5.75 Å². The maximum atomic E-state index is 9.72. The summed E-state index contributed by atoms with van der Waals surface area (Å²) < 4.78 is 0. The van der Waals surface area contributed by atoms with Gasteiger partial charge in [0.2, 0.25) is 0 Å². The van der Waals surface area contributed by atoms with E-state index < -0.39 is 0 Å². The first-order valence-corrected chi connectivity index (χ1v) is 5.49. The third kappa shape index (κ3) is 2.72. The summed E-state index contributed by atoms with van der Waals surface area (Å²) in [7, 11) is 0. The predicted octanol–water partition coefficient (Wildman–Crippen LogP) is 1.41. The lowest BCUT2D eigenvalue weighted by Gasteiger charge is -2.11. The average molecular weight is 254 g/mol. The van der Waals surface area contributed by atoms with E-state index in [0.29, 0.717) is 17.4 Å². The van der Waals surface area contributed by atoms with Gasteiger partial charge < -0.3 is 10.4 Å². The van der Waals surface area contributed by atoms with Crippen molar-refractivity contribution in [2.45, 2.75) is 19.5 Å². The van der Waals surface area contributed by atoms with Gasteiger partial charge in [0.25, 0.3) is 0 Å². The van der Waals surface area contributed by atoms with Crippen molar-refractivity contribution in [2.75, 3.05) is 0 Å². The van der Waals surface area contributed by atoms with Gasteiger partial charge in [0.15, 0.2) is 5.82 Å². The molecule has 0 radical (unpaired) electrons. The number of aromatic nitrogens is 4. The van der Waals surface area contributed by atoms with Crippen LogP contribution in [0, 0.1) is 0 Å². The summed E-state index contributed by atoms with van der Waals surface area (Å²) in [6.45, 7) is 2.38. The first-order valence-electron chi connectivity index (χ1n) is 5.11. The smallest absolute Gasteiger partial charge is 0.191 e. The highest BCUT2D eigenvalue weighted by Gasteiger charge is 2.11. The molecule has 6 nitrogen and oxygen atoms in total. The van der Waals surface area contributed by atoms with Crippen molar-refractivity contribution in [3.8, 4) is 5.75 Å². The first-order chi connectivity index (χ1) is 8.18. The van der Waals surface area contributed by atoms with E-state index in [4.69, 9.17) is 11.6 Å². The largest absolute Gasteiger partial charge is 0.506 e. The van der Waals surface area contributed by atoms with Gasteiger partial charge in [-0.2, -0.15) is 5.21 Å². The van der Waals surface area contributed by atoms with Crippen LogP contribution in [0.25, 0.3) is 0 Å². The summed E-state index contributed by atoms with van der Waals surface area (Å²) in [6.07, 6.45) is 0. The second-order valence-electron chi connectivity index (χ2n) is 3.62. The van der Waals surface area contributed by atoms with Gasteiger partial charge in [0.05, 0.1) is 11.1 Å². The van der Waals surface area contributed by atoms with Crippen LogP contribution in [0.15, 0.2) is 18.2 Å². The molecule has 0 fully saturated rings. The van der Waals surface area contributed by atoms with Crippen molar-refractivity contribution in [3.63, 3.8) is 0 Å². The van der Waals surface area contributed by atoms with Crippen LogP contribution >= 0.6 is 11.6 Å². The molecule has 1 aromatic heterocycles. The second kappa shape index (κ2) is 5.11. The molecule has 2 aromatic rings. The summed E-state index contributed by atoms with van der Waals surface area (Å²) in [6, 6.07) is 5.17. The molecular weight excluding hydrogens is 242 g/mol. The number of H-pyrrole nitrogens is 1. The van der Waals surface area contributed by atoms with Gasteiger partial charge in [-0.05, 0) is 13.0 Å². The standard InChI is InChI=1S/C10H12ClN5O/c1-6(10-13-15-16-14-10)12-5-7-3-2-4-8(11)9(7)17/h2-4,6,12,17H,5H2,1H3,(H,13,14,15,16). The minimum Gasteiger partial charge on any atom is -0.506 e. The van der Waals surface area contributed by atoms with Crippen molar-refractivity contribution in [3.05, 3.63) is 34.6 Å². The Morgan fingerprint density at radius 2 is 2.35 bits per heavy atom. The Morgan fingerprint density at radius 1 is 1.53 bits per heavy atom. The number of aromatic amines is 1. The molecule has 3 N–H and O–H groups in total. The number of para-hydroxylation sites is 1. The molecule has 0 aliphatic heterocycles. The second-order valence-corrected chi connectivity index (χ2v) is 4.03. The summed E-state index contributed by atoms with van der Waals surface area (Å²) in [5, 5.41) is 26.8. The van der Waals surface area contributed by atoms with Crippen molar-refractivity contribution < 1.29 is 5.11 Å². The Kier molecular flexibility index (Phi) is 3.55. The lowest BCUT2D eigenvalue weighted by Crippen LogP contribution is -2.19. The SMILES string of the molecule is CC(NCc1cccc(Cl)c1O)c1nn[nH]n1. The fourth-order valence-electron chi connectivity index (χ4n) is 1.41. The normalized spacial score (nSPS) is 12.6. The number of nitrogens with zero attached hydrogens (tertiary/aromatic N) is 3. The molecule has 0 saturated heterocycles. The van der Waals surface area contributed by atoms with Gasteiger partial charge in [-0.3, -0.25) is 0 Å². The molecule has 1 aromatic carbocycles. The van der Waals surface area contributed by atoms with Crippen LogP contribution in [0.5, 0.6) is 5.75 Å². The number of rotatable bonds is 4. The number of aromatic hydroxyl groups is 1. The molecule has 1 atom stereocenters. The Hall–Kier alpha value is -1.66. The zero-order chi connectivity index (χ0) is 12.3. The van der Waals surface area contributed by atoms with E-state index >= 15 is 0 Å². The third-order valence-corrected chi connectivity index (χ3v) is 2.72. The minimum absolute atomic E-state index is 0.0628. The number of tetrazole rings is 1. The van der Waals surface area contributed by atoms with Gasteiger partial charge in [-0.1, -0.05) is 28.9 Å². The molecule has 2 rings (SSSR count). The van der Waals surface area contributed by atoms with Crippen LogP contribution < -0.4 is 5.32 Å². The lowest BCUT2D eigenvalue weighted by atomic mass is 10.2. The van der Waals surface area contributed by atoms with Crippen LogP contribution in [0.3, 0.4) is 0 Å². The molecule has 0 spiro atoms. The maximum absolute atomic E-state index is 9.72. The molecule has 1 unspecified atom stereocenters. The third-order valence-electron chi connectivity index (χ3n) is 2.42. The highest BCUT2D eigenvalue weighted by molar-refractivity contribution is 6.32. The Bertz CT molecular complexity index is 487. The van der Waals surface area contributed by atoms with E-state index in [0.717, 1.165) is 5.56 Å². The van der Waals surface area contributed by atoms with E-state index in [1.807, 2.05) is 6.92 Å². The molecule has 0 saturated carbocycles. The number of hydrogen-bond donors (Lipinski definition) is 3. The van der Waals surface area contributed by atoms with Crippen LogP contribution in [-0.2, 0) is 6.54 Å². The van der Waals surface area contributed by atoms with Crippen molar-refractivity contribution in [2.24, 2.45) is 0 Å². The van der Waals surface area contributed by atoms with E-state index in [9.17, 15) is 5.11 Å². The first kappa shape index (κ1) is 11.8. The van der Waals surface area contributed by atoms with E-state index in [1.54, 1.807) is 18.2 Å². The fraction of sp³-hybridized carbons (Fsp3) is 0.300. The summed E-state index contributed by atoms with van der Waals surface area (Å²) in [5.74, 6) is 0.675. The molecule has 90 valence electrons. The molecule has 7 heteroatoms. The van der Waals surface area contributed by atoms with Crippen LogP contribution in [-0.4, -0.2) is 25.7 Å². The average Bonchev–Trinajstić information content (AvgIpc) is 2.84. The molecule has 17 heavy (non-hydrogen) atoms. The maximum Gasteiger partial charge on any atom is 0.191 e. The number of phenols is 1. The number of nitrogens with one attached hydrogen (secondary N) is 2. The minimum atomic E-state index is -0.0628. The zero-order valence-corrected chi connectivity index (χ0v) is 9.94. The fourth-order valence-corrected chi connectivity index (χ4v) is 1.60. The van der Waals surface area contributed by atoms with Gasteiger partial charge in [-0.25, -0.2) is 0 Å². The Morgan fingerprint density at radius 3 is 3.06 bits per heavy atom. The lowest BCUT2D eigenvalue weighted by molar-refractivity contribution is 0.458. The highest BCUT2D eigenvalue weighted by atomic mass is 35.5. The van der Waals surface area contributed by atoms with Crippen molar-refractivity contribution in [1.82, 2.24) is 25.9 Å². The monoisotopic (exact) mass is 253 g/mol. The van der Waals surface area contributed by atoms with E-state index in [-0.39, 0.29) is 11.8 Å². The van der Waals surface area contributed by atoms with Crippen molar-refractivity contribution >= 4 is 11.6 Å². The van der Waals surface area contributed by atoms with Gasteiger partial charge >= 0.3 is 0 Å². The molecular formula is C10H12ClN5O. The Balaban J connectivity index is 2.00. The van der Waals surface area contributed by atoms with Crippen LogP contribution in [0.1, 0.15) is 24.4 Å². The number of hydrogen-bond acceptors (Lipinski definition) is 5. The predicted molar refractivity (Wildman–Crippen MR) is 62.5 cm³/mol. The Labute approximate surface area is 103 Å². The molecule has 0 aliphatic carbocycles. The van der Waals surface area contributed by atoms with E-state index in [2.05, 4.69) is 25.9 Å². The quantitative estimate of drug-likeness (QED) is 0.767. The summed E-state index contributed by atoms with van der Waals surface area (Å²) >= 11 is 5.81. The van der Waals surface area contributed by atoms with Crippen LogP contribution in [0.2, 0.25) is 5.02 Å². The molecule has 0 bridgehead atoms. The summed E-state index contributed by atoms with van der Waals surface area (Å²) in [4.78, 5) is 0. The van der Waals surface area contributed by atoms with Crippen molar-refractivity contribution in [1.29, 1.82) is 0 Å². The molecule has 1 heterocycles. The van der Waals surface area contributed by atoms with Crippen LogP contribution in [0.4, 0.5) is 0 Å². The summed E-state index contributed by atoms with van der Waals surface area (Å²) in [5.41, 5.74) is 0.729. The number of halogens is 1. The zero-order valence-electron chi connectivity index (χ0n) is 9.18. The molecule has 0 amide bonds. The number of benzene rings is 1. The highest BCUT2D eigenvalue weighted by Crippen LogP contribution is 2.27. The van der Waals surface area contributed by atoms with E-state index in [1.165, 1.54) is 0 Å². The molecule has 0 aliphatic rings.